The molecule has 0 bridgehead atoms. The molecule has 0 saturated heterocycles. The number of aliphatic hydroxyl groups is 1. The van der Waals surface area contributed by atoms with Crippen LogP contribution in [0.2, 0.25) is 0 Å². The van der Waals surface area contributed by atoms with Gasteiger partial charge in [-0.2, -0.15) is 0 Å². The highest BCUT2D eigenvalue weighted by Crippen LogP contribution is 2.24. The molecule has 1 aliphatic rings. The van der Waals surface area contributed by atoms with Crippen molar-refractivity contribution in [3.63, 3.8) is 0 Å². The van der Waals surface area contributed by atoms with Gasteiger partial charge in [0, 0.05) is 30.2 Å². The van der Waals surface area contributed by atoms with Gasteiger partial charge in [-0.25, -0.2) is 4.39 Å². The topological polar surface area (TPSA) is 58.9 Å². The third-order valence-corrected chi connectivity index (χ3v) is 3.54. The van der Waals surface area contributed by atoms with E-state index in [1.807, 2.05) is 30.3 Å². The highest BCUT2D eigenvalue weighted by Gasteiger charge is 2.15. The minimum Gasteiger partial charge on any atom is -0.400 e. The van der Waals surface area contributed by atoms with E-state index < -0.39 is 6.67 Å². The molecule has 24 heavy (non-hydrogen) atoms. The molecule has 3 rings (SSSR count). The number of allylic oxidation sites excluding steroid dienone is 1. The molecule has 2 aromatic carbocycles. The van der Waals surface area contributed by atoms with Crippen LogP contribution in [-0.2, 0) is 11.5 Å². The minimum absolute atomic E-state index is 0.529. The number of alkyl halides is 1. The van der Waals surface area contributed by atoms with Crippen LogP contribution in [0.25, 0.3) is 5.76 Å². The van der Waals surface area contributed by atoms with E-state index >= 15 is 0 Å². The van der Waals surface area contributed by atoms with Crippen molar-refractivity contribution in [2.24, 2.45) is 5.16 Å². The lowest BCUT2D eigenvalue weighted by atomic mass is 10.0. The summed E-state index contributed by atoms with van der Waals surface area (Å²) in [5.74, 6) is 0.638. The summed E-state index contributed by atoms with van der Waals surface area (Å²) in [4.78, 5) is 16.1. The normalized spacial score (nSPS) is 13.0. The second kappa shape index (κ2) is 8.74. The fraction of sp³-hybridized carbons (Fsp3) is 0.158. The van der Waals surface area contributed by atoms with E-state index in [0.717, 1.165) is 24.5 Å². The van der Waals surface area contributed by atoms with Crippen molar-refractivity contribution in [3.8, 4) is 0 Å². The van der Waals surface area contributed by atoms with Gasteiger partial charge in [0.15, 0.2) is 5.76 Å². The van der Waals surface area contributed by atoms with Crippen molar-refractivity contribution < 1.29 is 19.1 Å². The molecule has 5 heteroatoms. The predicted molar refractivity (Wildman–Crippen MR) is 91.4 cm³/mol. The molecular weight excluding hydrogens is 309 g/mol. The Balaban J connectivity index is 0.00000100. The summed E-state index contributed by atoms with van der Waals surface area (Å²) in [6.45, 7) is -0.529. The van der Waals surface area contributed by atoms with Gasteiger partial charge in [-0.3, -0.25) is 4.79 Å². The first kappa shape index (κ1) is 17.6. The average molecular weight is 327 g/mol. The van der Waals surface area contributed by atoms with E-state index in [0.29, 0.717) is 29.0 Å². The number of hydrogen-bond acceptors (Lipinski definition) is 4. The summed E-state index contributed by atoms with van der Waals surface area (Å²) in [5.41, 5.74) is 3.56. The Morgan fingerprint density at radius 3 is 2.46 bits per heavy atom. The van der Waals surface area contributed by atoms with Crippen molar-refractivity contribution >= 4 is 17.8 Å². The Labute approximate surface area is 139 Å². The van der Waals surface area contributed by atoms with Crippen LogP contribution in [-0.4, -0.2) is 24.2 Å². The van der Waals surface area contributed by atoms with Crippen LogP contribution in [0.15, 0.2) is 59.8 Å². The quantitative estimate of drug-likeness (QED) is 0.870. The van der Waals surface area contributed by atoms with Gasteiger partial charge in [-0.15, -0.1) is 0 Å². The van der Waals surface area contributed by atoms with Gasteiger partial charge >= 0.3 is 0 Å². The van der Waals surface area contributed by atoms with E-state index in [1.165, 1.54) is 0 Å². The van der Waals surface area contributed by atoms with Gasteiger partial charge in [-0.1, -0.05) is 53.7 Å². The third-order valence-electron chi connectivity index (χ3n) is 3.54. The number of oxime groups is 1. The van der Waals surface area contributed by atoms with Crippen molar-refractivity contribution in [1.29, 1.82) is 0 Å². The summed E-state index contributed by atoms with van der Waals surface area (Å²) in [6, 6.07) is 14.3. The number of benzene rings is 2. The summed E-state index contributed by atoms with van der Waals surface area (Å²) in [5, 5.41) is 11.1. The van der Waals surface area contributed by atoms with E-state index in [1.54, 1.807) is 24.3 Å². The smallest absolute Gasteiger partial charge is 0.161 e. The SMILES string of the molecule is CO.O=Cc1ccc(C2=CCC(c3ccccc3CF)=NO2)cc1. The molecular formula is C19H18FNO3. The van der Waals surface area contributed by atoms with Crippen LogP contribution in [0.1, 0.15) is 33.5 Å². The first-order valence-electron chi connectivity index (χ1n) is 7.40. The van der Waals surface area contributed by atoms with E-state index in [4.69, 9.17) is 9.94 Å². The van der Waals surface area contributed by atoms with E-state index in [2.05, 4.69) is 5.16 Å². The zero-order chi connectivity index (χ0) is 17.4. The fourth-order valence-electron chi connectivity index (χ4n) is 2.34. The second-order valence-electron chi connectivity index (χ2n) is 4.93. The number of rotatable bonds is 4. The van der Waals surface area contributed by atoms with Crippen molar-refractivity contribution in [2.75, 3.05) is 7.11 Å². The van der Waals surface area contributed by atoms with Crippen molar-refractivity contribution in [3.05, 3.63) is 76.9 Å². The van der Waals surface area contributed by atoms with Gasteiger partial charge in [0.25, 0.3) is 0 Å². The van der Waals surface area contributed by atoms with Gasteiger partial charge in [0.2, 0.25) is 0 Å². The maximum atomic E-state index is 13.0. The number of hydrogen-bond donors (Lipinski definition) is 1. The van der Waals surface area contributed by atoms with Crippen LogP contribution < -0.4 is 0 Å². The highest BCUT2D eigenvalue weighted by atomic mass is 19.1. The van der Waals surface area contributed by atoms with E-state index in [-0.39, 0.29) is 0 Å². The highest BCUT2D eigenvalue weighted by molar-refractivity contribution is 6.03. The molecule has 0 radical (unpaired) electrons. The Morgan fingerprint density at radius 1 is 1.17 bits per heavy atom. The third kappa shape index (κ3) is 3.94. The standard InChI is InChI=1S/C18H14FNO2.CH4O/c19-11-15-3-1-2-4-16(15)17-9-10-18(22-20-17)14-7-5-13(12-21)6-8-14;1-2/h1-8,10,12H,9,11H2;2H,1H3. The van der Waals surface area contributed by atoms with Crippen LogP contribution in [0.5, 0.6) is 0 Å². The molecule has 1 aliphatic heterocycles. The molecule has 0 unspecified atom stereocenters. The Morgan fingerprint density at radius 2 is 1.88 bits per heavy atom. The van der Waals surface area contributed by atoms with Gasteiger partial charge < -0.3 is 9.94 Å². The molecule has 0 amide bonds. The molecule has 0 atom stereocenters. The molecule has 124 valence electrons. The second-order valence-corrected chi connectivity index (χ2v) is 4.93. The largest absolute Gasteiger partial charge is 0.400 e. The molecule has 1 N–H and O–H groups in total. The Bertz CT molecular complexity index is 751. The van der Waals surface area contributed by atoms with Crippen molar-refractivity contribution in [1.82, 2.24) is 0 Å². The molecule has 0 saturated carbocycles. The lowest BCUT2D eigenvalue weighted by Gasteiger charge is -2.15. The van der Waals surface area contributed by atoms with Gasteiger partial charge in [0.05, 0.1) is 5.71 Å². The van der Waals surface area contributed by atoms with Gasteiger partial charge in [0.1, 0.15) is 13.0 Å². The lowest BCUT2D eigenvalue weighted by molar-refractivity contribution is 0.112. The van der Waals surface area contributed by atoms with Crippen molar-refractivity contribution in [2.45, 2.75) is 13.1 Å². The first-order chi connectivity index (χ1) is 11.8. The number of aliphatic hydroxyl groups excluding tert-OH is 1. The van der Waals surface area contributed by atoms with E-state index in [9.17, 15) is 9.18 Å². The Kier molecular flexibility index (Phi) is 6.40. The number of carbonyl (C=O) groups excluding carboxylic acids is 1. The minimum atomic E-state index is -0.529. The summed E-state index contributed by atoms with van der Waals surface area (Å²) in [7, 11) is 1.00. The monoisotopic (exact) mass is 327 g/mol. The predicted octanol–water partition coefficient (Wildman–Crippen LogP) is 3.74. The van der Waals surface area contributed by atoms with Gasteiger partial charge in [-0.05, 0) is 11.6 Å². The number of carbonyl (C=O) groups is 1. The maximum absolute atomic E-state index is 13.0. The molecule has 2 aromatic rings. The molecule has 0 aliphatic carbocycles. The summed E-state index contributed by atoms with van der Waals surface area (Å²) < 4.78 is 13.0. The zero-order valence-corrected chi connectivity index (χ0v) is 13.3. The maximum Gasteiger partial charge on any atom is 0.161 e. The molecule has 0 fully saturated rings. The van der Waals surface area contributed by atoms with Crippen LogP contribution in [0.4, 0.5) is 4.39 Å². The molecule has 0 spiro atoms. The number of halogens is 1. The van der Waals surface area contributed by atoms with Crippen LogP contribution >= 0.6 is 0 Å². The first-order valence-corrected chi connectivity index (χ1v) is 7.40. The zero-order valence-electron chi connectivity index (χ0n) is 13.3. The summed E-state index contributed by atoms with van der Waals surface area (Å²) >= 11 is 0. The fourth-order valence-corrected chi connectivity index (χ4v) is 2.34. The molecule has 4 nitrogen and oxygen atoms in total. The molecule has 1 heterocycles. The summed E-state index contributed by atoms with van der Waals surface area (Å²) in [6.07, 6.45) is 3.28. The van der Waals surface area contributed by atoms with Crippen LogP contribution in [0.3, 0.4) is 0 Å². The number of nitrogens with zero attached hydrogens (tertiary/aromatic N) is 1. The lowest BCUT2D eigenvalue weighted by Crippen LogP contribution is -2.08. The van der Waals surface area contributed by atoms with Crippen LogP contribution in [0, 0.1) is 0 Å². The number of aldehydes is 1. The Hall–Kier alpha value is -2.79. The average Bonchev–Trinajstić information content (AvgIpc) is 2.69. The molecule has 0 aromatic heterocycles.